The third-order valence-electron chi connectivity index (χ3n) is 3.10. The monoisotopic (exact) mass is 321 g/mol. The molecule has 0 spiro atoms. The molecule has 2 aromatic rings. The smallest absolute Gasteiger partial charge is 0.326 e. The third kappa shape index (κ3) is 3.83. The van der Waals surface area contributed by atoms with Crippen LogP contribution in [-0.2, 0) is 11.2 Å². The second-order valence-corrected chi connectivity index (χ2v) is 5.05. The van der Waals surface area contributed by atoms with Gasteiger partial charge in [-0.1, -0.05) is 41.9 Å². The second-order valence-electron chi connectivity index (χ2n) is 4.64. The molecule has 114 valence electrons. The number of carboxylic acid groups (broad SMARTS) is 1. The minimum Gasteiger partial charge on any atom is -0.480 e. The maximum atomic E-state index is 13.6. The molecule has 0 aromatic heterocycles. The van der Waals surface area contributed by atoms with Gasteiger partial charge in [-0.05, 0) is 23.8 Å². The van der Waals surface area contributed by atoms with Gasteiger partial charge in [-0.25, -0.2) is 9.18 Å². The summed E-state index contributed by atoms with van der Waals surface area (Å²) >= 11 is 5.90. The highest BCUT2D eigenvalue weighted by Crippen LogP contribution is 2.15. The van der Waals surface area contributed by atoms with Crippen molar-refractivity contribution < 1.29 is 19.1 Å². The van der Waals surface area contributed by atoms with Gasteiger partial charge in [0.05, 0.1) is 10.6 Å². The number of hydrogen-bond donors (Lipinski definition) is 2. The predicted molar refractivity (Wildman–Crippen MR) is 80.4 cm³/mol. The molecule has 6 heteroatoms. The lowest BCUT2D eigenvalue weighted by atomic mass is 10.0. The highest BCUT2D eigenvalue weighted by atomic mass is 35.5. The molecule has 4 nitrogen and oxygen atoms in total. The van der Waals surface area contributed by atoms with Crippen LogP contribution in [0.15, 0.2) is 48.5 Å². The normalized spacial score (nSPS) is 11.7. The van der Waals surface area contributed by atoms with E-state index < -0.39 is 23.7 Å². The molecule has 22 heavy (non-hydrogen) atoms. The topological polar surface area (TPSA) is 66.4 Å². The van der Waals surface area contributed by atoms with Gasteiger partial charge in [0.25, 0.3) is 5.91 Å². The van der Waals surface area contributed by atoms with E-state index in [1.165, 1.54) is 30.3 Å². The molecule has 1 atom stereocenters. The van der Waals surface area contributed by atoms with Crippen LogP contribution in [0.5, 0.6) is 0 Å². The minimum absolute atomic E-state index is 0.155. The van der Waals surface area contributed by atoms with Gasteiger partial charge in [-0.15, -0.1) is 0 Å². The fourth-order valence-electron chi connectivity index (χ4n) is 1.97. The Kier molecular flexibility index (Phi) is 5.12. The number of rotatable bonds is 5. The molecule has 0 saturated carbocycles. The van der Waals surface area contributed by atoms with Crippen LogP contribution in [-0.4, -0.2) is 23.0 Å². The van der Waals surface area contributed by atoms with Gasteiger partial charge in [-0.3, -0.25) is 4.79 Å². The molecule has 0 heterocycles. The maximum Gasteiger partial charge on any atom is 0.326 e. The van der Waals surface area contributed by atoms with Crippen molar-refractivity contribution >= 4 is 23.5 Å². The summed E-state index contributed by atoms with van der Waals surface area (Å²) in [6, 6.07) is 10.9. The highest BCUT2D eigenvalue weighted by Gasteiger charge is 2.23. The SMILES string of the molecule is O=C(N[C@@H](Cc1ccccc1F)C(=O)O)c1ccccc1Cl. The number of hydrogen-bond acceptors (Lipinski definition) is 2. The Morgan fingerprint density at radius 2 is 1.77 bits per heavy atom. The quantitative estimate of drug-likeness (QED) is 0.890. The summed E-state index contributed by atoms with van der Waals surface area (Å²) in [6.45, 7) is 0. The molecule has 2 N–H and O–H groups in total. The van der Waals surface area contributed by atoms with Crippen molar-refractivity contribution in [3.8, 4) is 0 Å². The van der Waals surface area contributed by atoms with Gasteiger partial charge in [-0.2, -0.15) is 0 Å². The summed E-state index contributed by atoms with van der Waals surface area (Å²) in [4.78, 5) is 23.4. The van der Waals surface area contributed by atoms with Crippen LogP contribution < -0.4 is 5.32 Å². The summed E-state index contributed by atoms with van der Waals surface area (Å²) in [5.41, 5.74) is 0.387. The Bertz CT molecular complexity index is 705. The van der Waals surface area contributed by atoms with Crippen LogP contribution in [0.25, 0.3) is 0 Å². The number of carbonyl (C=O) groups excluding carboxylic acids is 1. The molecule has 0 saturated heterocycles. The largest absolute Gasteiger partial charge is 0.480 e. The third-order valence-corrected chi connectivity index (χ3v) is 3.43. The molecule has 2 rings (SSSR count). The molecule has 0 aliphatic carbocycles. The molecule has 0 bridgehead atoms. The second kappa shape index (κ2) is 7.04. The molecule has 0 unspecified atom stereocenters. The number of nitrogens with one attached hydrogen (secondary N) is 1. The molecular weight excluding hydrogens is 309 g/mol. The summed E-state index contributed by atoms with van der Waals surface area (Å²) in [5, 5.41) is 11.8. The average Bonchev–Trinajstić information content (AvgIpc) is 2.49. The van der Waals surface area contributed by atoms with Crippen LogP contribution >= 0.6 is 11.6 Å². The van der Waals surface area contributed by atoms with Crippen LogP contribution in [0.1, 0.15) is 15.9 Å². The zero-order valence-corrected chi connectivity index (χ0v) is 12.2. The number of aliphatic carboxylic acids is 1. The number of carboxylic acids is 1. The van der Waals surface area contributed by atoms with E-state index in [4.69, 9.17) is 11.6 Å². The van der Waals surface area contributed by atoms with E-state index in [-0.39, 0.29) is 22.6 Å². The Morgan fingerprint density at radius 3 is 2.41 bits per heavy atom. The van der Waals surface area contributed by atoms with Gasteiger partial charge in [0.2, 0.25) is 0 Å². The van der Waals surface area contributed by atoms with E-state index in [1.807, 2.05) is 0 Å². The fourth-order valence-corrected chi connectivity index (χ4v) is 2.19. The van der Waals surface area contributed by atoms with Crippen LogP contribution in [0.4, 0.5) is 4.39 Å². The van der Waals surface area contributed by atoms with Crippen LogP contribution in [0, 0.1) is 5.82 Å². The first-order valence-electron chi connectivity index (χ1n) is 6.50. The first kappa shape index (κ1) is 16.0. The van der Waals surface area contributed by atoms with Crippen LogP contribution in [0.3, 0.4) is 0 Å². The van der Waals surface area contributed by atoms with Crippen LogP contribution in [0.2, 0.25) is 5.02 Å². The lowest BCUT2D eigenvalue weighted by Crippen LogP contribution is -2.42. The Labute approximate surface area is 131 Å². The molecular formula is C16H13ClFNO3. The Hall–Kier alpha value is -2.40. The summed E-state index contributed by atoms with van der Waals surface area (Å²) < 4.78 is 13.6. The summed E-state index contributed by atoms with van der Waals surface area (Å²) in [6.07, 6.45) is -0.155. The van der Waals surface area contributed by atoms with Crippen molar-refractivity contribution in [1.29, 1.82) is 0 Å². The van der Waals surface area contributed by atoms with Gasteiger partial charge in [0.1, 0.15) is 11.9 Å². The highest BCUT2D eigenvalue weighted by molar-refractivity contribution is 6.33. The molecule has 0 aliphatic heterocycles. The van der Waals surface area contributed by atoms with E-state index in [0.717, 1.165) is 0 Å². The van der Waals surface area contributed by atoms with E-state index in [2.05, 4.69) is 5.32 Å². The van der Waals surface area contributed by atoms with Crippen molar-refractivity contribution in [2.75, 3.05) is 0 Å². The number of amides is 1. The fraction of sp³-hybridized carbons (Fsp3) is 0.125. The molecule has 0 radical (unpaired) electrons. The van der Waals surface area contributed by atoms with Crippen molar-refractivity contribution in [2.24, 2.45) is 0 Å². The van der Waals surface area contributed by atoms with Gasteiger partial charge < -0.3 is 10.4 Å². The van der Waals surface area contributed by atoms with Gasteiger partial charge >= 0.3 is 5.97 Å². The minimum atomic E-state index is -1.25. The predicted octanol–water partition coefficient (Wildman–Crippen LogP) is 2.90. The lowest BCUT2D eigenvalue weighted by Gasteiger charge is -2.15. The Balaban J connectivity index is 2.16. The van der Waals surface area contributed by atoms with E-state index in [0.29, 0.717) is 0 Å². The summed E-state index contributed by atoms with van der Waals surface area (Å²) in [7, 11) is 0. The number of halogens is 2. The molecule has 0 aliphatic rings. The zero-order chi connectivity index (χ0) is 16.1. The van der Waals surface area contributed by atoms with E-state index >= 15 is 0 Å². The molecule has 0 fully saturated rings. The first-order chi connectivity index (χ1) is 10.5. The zero-order valence-electron chi connectivity index (χ0n) is 11.4. The van der Waals surface area contributed by atoms with Gasteiger partial charge in [0, 0.05) is 6.42 Å². The van der Waals surface area contributed by atoms with E-state index in [9.17, 15) is 19.1 Å². The Morgan fingerprint density at radius 1 is 1.14 bits per heavy atom. The maximum absolute atomic E-state index is 13.6. The standard InChI is InChI=1S/C16H13ClFNO3/c17-12-7-3-2-6-11(12)15(20)19-14(16(21)22)9-10-5-1-4-8-13(10)18/h1-8,14H,9H2,(H,19,20)(H,21,22)/t14-/m0/s1. The summed E-state index contributed by atoms with van der Waals surface area (Å²) in [5.74, 6) is -2.38. The van der Waals surface area contributed by atoms with E-state index in [1.54, 1.807) is 18.2 Å². The molecule has 2 aromatic carbocycles. The number of carbonyl (C=O) groups is 2. The average molecular weight is 322 g/mol. The lowest BCUT2D eigenvalue weighted by molar-refractivity contribution is -0.139. The first-order valence-corrected chi connectivity index (χ1v) is 6.88. The van der Waals surface area contributed by atoms with Crippen molar-refractivity contribution in [2.45, 2.75) is 12.5 Å². The van der Waals surface area contributed by atoms with Gasteiger partial charge in [0.15, 0.2) is 0 Å². The number of benzene rings is 2. The van der Waals surface area contributed by atoms with Crippen molar-refractivity contribution in [1.82, 2.24) is 5.32 Å². The van der Waals surface area contributed by atoms with Crippen molar-refractivity contribution in [3.05, 3.63) is 70.5 Å². The van der Waals surface area contributed by atoms with Crippen molar-refractivity contribution in [3.63, 3.8) is 0 Å². The molecule has 1 amide bonds.